The standard InChI is InChI=1S/C5H6F3NO2/c6-5(7,8)2-1-4(2,9)3(10)11/h2H,1,9H2,(H,10,11)/t2-,4+/m1/s1. The molecule has 0 spiro atoms. The maximum absolute atomic E-state index is 11.8. The number of rotatable bonds is 1. The average Bonchev–Trinajstić information content (AvgIpc) is 2.41. The van der Waals surface area contributed by atoms with Gasteiger partial charge < -0.3 is 10.8 Å². The van der Waals surface area contributed by atoms with Crippen molar-refractivity contribution < 1.29 is 23.1 Å². The lowest BCUT2D eigenvalue weighted by Crippen LogP contribution is -2.38. The highest BCUT2D eigenvalue weighted by Crippen LogP contribution is 2.51. The highest BCUT2D eigenvalue weighted by molar-refractivity contribution is 5.83. The van der Waals surface area contributed by atoms with Gasteiger partial charge in [0.1, 0.15) is 5.54 Å². The minimum Gasteiger partial charge on any atom is -0.480 e. The lowest BCUT2D eigenvalue weighted by atomic mass is 10.2. The minimum atomic E-state index is -4.48. The minimum absolute atomic E-state index is 0.508. The van der Waals surface area contributed by atoms with Crippen molar-refractivity contribution >= 4 is 5.97 Å². The Hall–Kier alpha value is -0.780. The van der Waals surface area contributed by atoms with Gasteiger partial charge in [0, 0.05) is 0 Å². The van der Waals surface area contributed by atoms with Crippen molar-refractivity contribution in [3.63, 3.8) is 0 Å². The summed E-state index contributed by atoms with van der Waals surface area (Å²) >= 11 is 0. The van der Waals surface area contributed by atoms with Crippen molar-refractivity contribution in [3.05, 3.63) is 0 Å². The predicted octanol–water partition coefficient (Wildman–Crippen LogP) is 0.351. The Bertz CT molecular complexity index is 202. The van der Waals surface area contributed by atoms with Gasteiger partial charge in [0.05, 0.1) is 5.92 Å². The van der Waals surface area contributed by atoms with Crippen molar-refractivity contribution in [2.75, 3.05) is 0 Å². The second-order valence-electron chi connectivity index (χ2n) is 2.64. The van der Waals surface area contributed by atoms with Gasteiger partial charge in [-0.2, -0.15) is 13.2 Å². The van der Waals surface area contributed by atoms with E-state index in [0.717, 1.165) is 0 Å². The fourth-order valence-electron chi connectivity index (χ4n) is 0.923. The first-order valence-corrected chi connectivity index (χ1v) is 2.87. The van der Waals surface area contributed by atoms with Crippen LogP contribution >= 0.6 is 0 Å². The summed E-state index contributed by atoms with van der Waals surface area (Å²) in [5.41, 5.74) is 2.84. The molecule has 3 nitrogen and oxygen atoms in total. The third kappa shape index (κ3) is 1.18. The Morgan fingerprint density at radius 3 is 2.18 bits per heavy atom. The molecule has 0 bridgehead atoms. The molecule has 1 aliphatic carbocycles. The molecule has 11 heavy (non-hydrogen) atoms. The van der Waals surface area contributed by atoms with Gasteiger partial charge in [0.15, 0.2) is 0 Å². The number of carbonyl (C=O) groups is 1. The first-order valence-electron chi connectivity index (χ1n) is 2.87. The van der Waals surface area contributed by atoms with Crippen molar-refractivity contribution in [2.24, 2.45) is 11.7 Å². The topological polar surface area (TPSA) is 63.3 Å². The van der Waals surface area contributed by atoms with Gasteiger partial charge in [-0.3, -0.25) is 4.79 Å². The smallest absolute Gasteiger partial charge is 0.394 e. The molecule has 1 rings (SSSR count). The largest absolute Gasteiger partial charge is 0.480 e. The van der Waals surface area contributed by atoms with Gasteiger partial charge in [0.2, 0.25) is 0 Å². The molecule has 0 amide bonds. The number of carboxylic acids is 1. The predicted molar refractivity (Wildman–Crippen MR) is 28.7 cm³/mol. The average molecular weight is 169 g/mol. The zero-order valence-corrected chi connectivity index (χ0v) is 5.35. The molecular formula is C5H6F3NO2. The van der Waals surface area contributed by atoms with Crippen LogP contribution in [0.2, 0.25) is 0 Å². The van der Waals surface area contributed by atoms with Crippen LogP contribution in [0.4, 0.5) is 13.2 Å². The van der Waals surface area contributed by atoms with E-state index in [0.29, 0.717) is 0 Å². The van der Waals surface area contributed by atoms with E-state index in [4.69, 9.17) is 10.8 Å². The summed E-state index contributed by atoms with van der Waals surface area (Å²) in [7, 11) is 0. The van der Waals surface area contributed by atoms with Crippen LogP contribution in [0, 0.1) is 5.92 Å². The summed E-state index contributed by atoms with van der Waals surface area (Å²) in [6.07, 6.45) is -4.99. The van der Waals surface area contributed by atoms with Crippen LogP contribution < -0.4 is 5.73 Å². The summed E-state index contributed by atoms with van der Waals surface area (Å²) in [6, 6.07) is 0. The third-order valence-electron chi connectivity index (χ3n) is 1.80. The Labute approximate surface area is 60.0 Å². The van der Waals surface area contributed by atoms with Crippen LogP contribution in [0.15, 0.2) is 0 Å². The van der Waals surface area contributed by atoms with Crippen LogP contribution in [0.1, 0.15) is 6.42 Å². The third-order valence-corrected chi connectivity index (χ3v) is 1.80. The highest BCUT2D eigenvalue weighted by Gasteiger charge is 2.69. The molecule has 1 saturated carbocycles. The molecule has 1 fully saturated rings. The molecule has 0 aromatic rings. The molecule has 64 valence electrons. The number of nitrogens with two attached hydrogens (primary N) is 1. The first-order chi connectivity index (χ1) is 4.78. The van der Waals surface area contributed by atoms with Crippen LogP contribution in [-0.2, 0) is 4.79 Å². The van der Waals surface area contributed by atoms with E-state index >= 15 is 0 Å². The molecule has 2 atom stereocenters. The maximum atomic E-state index is 11.8. The molecule has 0 saturated heterocycles. The summed E-state index contributed by atoms with van der Waals surface area (Å²) in [5, 5.41) is 8.22. The van der Waals surface area contributed by atoms with Crippen molar-refractivity contribution in [3.8, 4) is 0 Å². The zero-order valence-electron chi connectivity index (χ0n) is 5.35. The number of hydrogen-bond donors (Lipinski definition) is 2. The van der Waals surface area contributed by atoms with Crippen LogP contribution in [0.5, 0.6) is 0 Å². The number of hydrogen-bond acceptors (Lipinski definition) is 2. The molecule has 0 aliphatic heterocycles. The summed E-state index contributed by atoms with van der Waals surface area (Å²) in [5.74, 6) is -3.45. The summed E-state index contributed by atoms with van der Waals surface area (Å²) < 4.78 is 35.3. The monoisotopic (exact) mass is 169 g/mol. The normalized spacial score (nSPS) is 36.9. The molecule has 6 heteroatoms. The van der Waals surface area contributed by atoms with E-state index in [1.54, 1.807) is 0 Å². The molecule has 0 radical (unpaired) electrons. The number of halogens is 3. The molecule has 0 aromatic heterocycles. The zero-order chi connectivity index (χ0) is 8.86. The van der Waals surface area contributed by atoms with E-state index < -0.39 is 30.0 Å². The molecule has 3 N–H and O–H groups in total. The fraction of sp³-hybridized carbons (Fsp3) is 0.800. The van der Waals surface area contributed by atoms with Crippen LogP contribution in [0.3, 0.4) is 0 Å². The first kappa shape index (κ1) is 8.32. The Balaban J connectivity index is 2.68. The summed E-state index contributed by atoms with van der Waals surface area (Å²) in [6.45, 7) is 0. The van der Waals surface area contributed by atoms with Gasteiger partial charge in [-0.1, -0.05) is 0 Å². The molecule has 0 heterocycles. The lowest BCUT2D eigenvalue weighted by molar-refractivity contribution is -0.161. The molecule has 1 aliphatic rings. The maximum Gasteiger partial charge on any atom is 0.394 e. The Kier molecular flexibility index (Phi) is 1.42. The Morgan fingerprint density at radius 2 is 2.09 bits per heavy atom. The van der Waals surface area contributed by atoms with E-state index in [1.807, 2.05) is 0 Å². The lowest BCUT2D eigenvalue weighted by Gasteiger charge is -2.07. The van der Waals surface area contributed by atoms with E-state index in [2.05, 4.69) is 0 Å². The van der Waals surface area contributed by atoms with Crippen LogP contribution in [-0.4, -0.2) is 22.8 Å². The summed E-state index contributed by atoms with van der Waals surface area (Å²) in [4.78, 5) is 10.1. The van der Waals surface area contributed by atoms with Gasteiger partial charge in [-0.15, -0.1) is 0 Å². The number of alkyl halides is 3. The second kappa shape index (κ2) is 1.88. The van der Waals surface area contributed by atoms with Gasteiger partial charge in [0.25, 0.3) is 0 Å². The van der Waals surface area contributed by atoms with Crippen molar-refractivity contribution in [1.82, 2.24) is 0 Å². The van der Waals surface area contributed by atoms with Crippen molar-refractivity contribution in [2.45, 2.75) is 18.1 Å². The quantitative estimate of drug-likeness (QED) is 0.595. The van der Waals surface area contributed by atoms with E-state index in [9.17, 15) is 18.0 Å². The van der Waals surface area contributed by atoms with Gasteiger partial charge in [-0.05, 0) is 6.42 Å². The highest BCUT2D eigenvalue weighted by atomic mass is 19.4. The Morgan fingerprint density at radius 1 is 1.64 bits per heavy atom. The van der Waals surface area contributed by atoms with Crippen molar-refractivity contribution in [1.29, 1.82) is 0 Å². The number of aliphatic carboxylic acids is 1. The second-order valence-corrected chi connectivity index (χ2v) is 2.64. The number of carboxylic acid groups (broad SMARTS) is 1. The van der Waals surface area contributed by atoms with Gasteiger partial charge >= 0.3 is 12.1 Å². The fourth-order valence-corrected chi connectivity index (χ4v) is 0.923. The van der Waals surface area contributed by atoms with Crippen LogP contribution in [0.25, 0.3) is 0 Å². The molecule has 0 unspecified atom stereocenters. The molecule has 0 aromatic carbocycles. The van der Waals surface area contributed by atoms with E-state index in [1.165, 1.54) is 0 Å². The SMILES string of the molecule is N[C@@]1(C(=O)O)C[C@H]1C(F)(F)F. The van der Waals surface area contributed by atoms with E-state index in [-0.39, 0.29) is 0 Å². The van der Waals surface area contributed by atoms with Gasteiger partial charge in [-0.25, -0.2) is 0 Å². The molecular weight excluding hydrogens is 163 g/mol.